The Kier molecular flexibility index (Phi) is 3.42. The van der Waals surface area contributed by atoms with Crippen LogP contribution in [0.2, 0.25) is 0 Å². The molecule has 0 saturated carbocycles. The molecule has 2 saturated heterocycles. The van der Waals surface area contributed by atoms with Gasteiger partial charge >= 0.3 is 0 Å². The number of nitrogens with one attached hydrogen (secondary N) is 1. The van der Waals surface area contributed by atoms with Gasteiger partial charge in [0.2, 0.25) is 11.8 Å². The van der Waals surface area contributed by atoms with Crippen LogP contribution in [0.15, 0.2) is 28.7 Å². The molecule has 1 spiro atoms. The number of hydrogen-bond donors (Lipinski definition) is 1. The summed E-state index contributed by atoms with van der Waals surface area (Å²) in [6, 6.07) is 7.85. The highest BCUT2D eigenvalue weighted by molar-refractivity contribution is 9.10. The maximum atomic E-state index is 12.4. The number of nitrogens with zero attached hydrogens (tertiary/aromatic N) is 1. The van der Waals surface area contributed by atoms with Gasteiger partial charge in [-0.15, -0.1) is 0 Å². The Hall–Kier alpha value is -1.20. The van der Waals surface area contributed by atoms with Crippen LogP contribution in [0.4, 0.5) is 0 Å². The topological polar surface area (TPSA) is 49.4 Å². The number of carbonyl (C=O) groups excluding carboxylic acids is 2. The molecule has 2 aliphatic heterocycles. The van der Waals surface area contributed by atoms with Crippen LogP contribution in [0.1, 0.15) is 24.3 Å². The maximum Gasteiger partial charge on any atom is 0.234 e. The molecule has 106 valence electrons. The van der Waals surface area contributed by atoms with Gasteiger partial charge in [0.05, 0.1) is 5.92 Å². The lowest BCUT2D eigenvalue weighted by molar-refractivity contribution is -0.139. The summed E-state index contributed by atoms with van der Waals surface area (Å²) in [5.41, 5.74) is 0.731. The Bertz CT molecular complexity index is 575. The summed E-state index contributed by atoms with van der Waals surface area (Å²) < 4.78 is 0.959. The first-order chi connectivity index (χ1) is 9.50. The van der Waals surface area contributed by atoms with Crippen LogP contribution in [0.5, 0.6) is 0 Å². The van der Waals surface area contributed by atoms with Gasteiger partial charge in [-0.3, -0.25) is 14.9 Å². The zero-order valence-electron chi connectivity index (χ0n) is 11.4. The fourth-order valence-corrected chi connectivity index (χ4v) is 4.05. The molecular formula is C15H17BrN2O2. The predicted octanol–water partition coefficient (Wildman–Crippen LogP) is 1.90. The lowest BCUT2D eigenvalue weighted by atomic mass is 9.66. The van der Waals surface area contributed by atoms with Crippen molar-refractivity contribution in [2.45, 2.75) is 18.8 Å². The van der Waals surface area contributed by atoms with Crippen LogP contribution in [-0.2, 0) is 9.59 Å². The lowest BCUT2D eigenvalue weighted by Gasteiger charge is -2.39. The molecule has 1 aromatic carbocycles. The number of carbonyl (C=O) groups is 2. The molecule has 2 unspecified atom stereocenters. The highest BCUT2D eigenvalue weighted by atomic mass is 79.9. The van der Waals surface area contributed by atoms with Gasteiger partial charge in [-0.1, -0.05) is 28.1 Å². The highest BCUT2D eigenvalue weighted by Crippen LogP contribution is 2.48. The summed E-state index contributed by atoms with van der Waals surface area (Å²) >= 11 is 3.46. The van der Waals surface area contributed by atoms with Gasteiger partial charge in [-0.2, -0.15) is 0 Å². The molecule has 0 radical (unpaired) electrons. The predicted molar refractivity (Wildman–Crippen MR) is 79.2 cm³/mol. The summed E-state index contributed by atoms with van der Waals surface area (Å²) in [5, 5.41) is 2.50. The third-order valence-electron chi connectivity index (χ3n) is 4.41. The van der Waals surface area contributed by atoms with E-state index in [0.29, 0.717) is 6.42 Å². The smallest absolute Gasteiger partial charge is 0.234 e. The SMILES string of the molecule is CN1CCC2(CC(=O)NC(=O)C2c2cccc(Br)c2)C1. The average Bonchev–Trinajstić information content (AvgIpc) is 2.69. The van der Waals surface area contributed by atoms with Crippen molar-refractivity contribution in [1.82, 2.24) is 10.2 Å². The van der Waals surface area contributed by atoms with Crippen molar-refractivity contribution >= 4 is 27.7 Å². The van der Waals surface area contributed by atoms with Crippen molar-refractivity contribution in [2.24, 2.45) is 5.41 Å². The molecule has 1 aromatic rings. The van der Waals surface area contributed by atoms with E-state index in [0.717, 1.165) is 29.5 Å². The molecule has 5 heteroatoms. The van der Waals surface area contributed by atoms with E-state index in [9.17, 15) is 9.59 Å². The van der Waals surface area contributed by atoms with E-state index in [4.69, 9.17) is 0 Å². The minimum absolute atomic E-state index is 0.142. The zero-order valence-corrected chi connectivity index (χ0v) is 12.9. The third kappa shape index (κ3) is 2.29. The van der Waals surface area contributed by atoms with Crippen LogP contribution in [0.25, 0.3) is 0 Å². The van der Waals surface area contributed by atoms with E-state index >= 15 is 0 Å². The van der Waals surface area contributed by atoms with Crippen LogP contribution in [0, 0.1) is 5.41 Å². The fraction of sp³-hybridized carbons (Fsp3) is 0.467. The number of benzene rings is 1. The summed E-state index contributed by atoms with van der Waals surface area (Å²) in [6.07, 6.45) is 1.32. The largest absolute Gasteiger partial charge is 0.306 e. The number of halogens is 1. The molecule has 0 bridgehead atoms. The zero-order chi connectivity index (χ0) is 14.3. The number of rotatable bonds is 1. The number of piperidine rings is 1. The van der Waals surface area contributed by atoms with Crippen molar-refractivity contribution in [2.75, 3.05) is 20.1 Å². The molecular weight excluding hydrogens is 320 g/mol. The molecule has 4 nitrogen and oxygen atoms in total. The number of hydrogen-bond acceptors (Lipinski definition) is 3. The fourth-order valence-electron chi connectivity index (χ4n) is 3.63. The first-order valence-electron chi connectivity index (χ1n) is 6.78. The minimum Gasteiger partial charge on any atom is -0.306 e. The quantitative estimate of drug-likeness (QED) is 0.797. The van der Waals surface area contributed by atoms with Gasteiger partial charge in [-0.25, -0.2) is 0 Å². The molecule has 0 aromatic heterocycles. The summed E-state index contributed by atoms with van der Waals surface area (Å²) in [6.45, 7) is 1.73. The van der Waals surface area contributed by atoms with E-state index in [1.807, 2.05) is 31.3 Å². The Balaban J connectivity index is 2.04. The Morgan fingerprint density at radius 3 is 2.85 bits per heavy atom. The van der Waals surface area contributed by atoms with Crippen molar-refractivity contribution < 1.29 is 9.59 Å². The van der Waals surface area contributed by atoms with Crippen molar-refractivity contribution in [3.63, 3.8) is 0 Å². The molecule has 1 N–H and O–H groups in total. The molecule has 2 heterocycles. The lowest BCUT2D eigenvalue weighted by Crippen LogP contribution is -2.51. The maximum absolute atomic E-state index is 12.4. The average molecular weight is 337 g/mol. The van der Waals surface area contributed by atoms with Gasteiger partial charge in [-0.05, 0) is 37.7 Å². The third-order valence-corrected chi connectivity index (χ3v) is 4.90. The van der Waals surface area contributed by atoms with Crippen molar-refractivity contribution in [1.29, 1.82) is 0 Å². The molecule has 0 aliphatic carbocycles. The minimum atomic E-state index is -0.255. The number of imide groups is 1. The van der Waals surface area contributed by atoms with Crippen LogP contribution in [-0.4, -0.2) is 36.9 Å². The molecule has 3 rings (SSSR count). The van der Waals surface area contributed by atoms with E-state index in [2.05, 4.69) is 26.1 Å². The van der Waals surface area contributed by atoms with Gasteiger partial charge in [0.15, 0.2) is 0 Å². The van der Waals surface area contributed by atoms with E-state index in [-0.39, 0.29) is 23.1 Å². The highest BCUT2D eigenvalue weighted by Gasteiger charge is 2.51. The van der Waals surface area contributed by atoms with Crippen LogP contribution < -0.4 is 5.32 Å². The normalized spacial score (nSPS) is 30.8. The van der Waals surface area contributed by atoms with Crippen molar-refractivity contribution in [3.8, 4) is 0 Å². The summed E-state index contributed by atoms with van der Waals surface area (Å²) in [5.74, 6) is -0.547. The number of likely N-dealkylation sites (tertiary alicyclic amines) is 1. The Morgan fingerprint density at radius 1 is 1.40 bits per heavy atom. The second-order valence-electron chi connectivity index (χ2n) is 5.93. The van der Waals surface area contributed by atoms with E-state index in [1.165, 1.54) is 0 Å². The summed E-state index contributed by atoms with van der Waals surface area (Å²) in [7, 11) is 2.05. The van der Waals surface area contributed by atoms with Gasteiger partial charge < -0.3 is 4.90 Å². The number of amides is 2. The molecule has 2 aliphatic rings. The Morgan fingerprint density at radius 2 is 2.20 bits per heavy atom. The monoisotopic (exact) mass is 336 g/mol. The van der Waals surface area contributed by atoms with Gasteiger partial charge in [0.25, 0.3) is 0 Å². The Labute approximate surface area is 126 Å². The molecule has 2 atom stereocenters. The summed E-state index contributed by atoms with van der Waals surface area (Å²) in [4.78, 5) is 26.4. The van der Waals surface area contributed by atoms with Gasteiger partial charge in [0, 0.05) is 22.9 Å². The van der Waals surface area contributed by atoms with E-state index in [1.54, 1.807) is 0 Å². The second kappa shape index (κ2) is 4.97. The van der Waals surface area contributed by atoms with E-state index < -0.39 is 0 Å². The van der Waals surface area contributed by atoms with Crippen LogP contribution in [0.3, 0.4) is 0 Å². The first-order valence-corrected chi connectivity index (χ1v) is 7.57. The second-order valence-corrected chi connectivity index (χ2v) is 6.84. The molecule has 2 fully saturated rings. The van der Waals surface area contributed by atoms with Gasteiger partial charge in [0.1, 0.15) is 0 Å². The van der Waals surface area contributed by atoms with Crippen molar-refractivity contribution in [3.05, 3.63) is 34.3 Å². The first kappa shape index (κ1) is 13.8. The molecule has 20 heavy (non-hydrogen) atoms. The molecule has 2 amide bonds. The standard InChI is InChI=1S/C15H17BrN2O2/c1-18-6-5-15(9-18)8-12(19)17-14(20)13(15)10-3-2-4-11(16)7-10/h2-4,7,13H,5-6,8-9H2,1H3,(H,17,19,20). The van der Waals surface area contributed by atoms with Crippen LogP contribution >= 0.6 is 15.9 Å².